The molecule has 0 aliphatic heterocycles. The fourth-order valence-electron chi connectivity index (χ4n) is 2.94. The minimum Gasteiger partial charge on any atom is -0.457 e. The molecule has 0 saturated carbocycles. The predicted octanol–water partition coefficient (Wildman–Crippen LogP) is 5.88. The summed E-state index contributed by atoms with van der Waals surface area (Å²) in [7, 11) is 0. The van der Waals surface area contributed by atoms with Crippen LogP contribution in [0.5, 0.6) is 11.5 Å². The topological polar surface area (TPSA) is 77.2 Å². The maximum atomic E-state index is 12.3. The van der Waals surface area contributed by atoms with Crippen LogP contribution in [0, 0.1) is 13.8 Å². The molecule has 3 aromatic carbocycles. The van der Waals surface area contributed by atoms with Crippen molar-refractivity contribution in [2.75, 3.05) is 11.1 Å². The van der Waals surface area contributed by atoms with Crippen LogP contribution in [0.1, 0.15) is 11.1 Å². The highest BCUT2D eigenvalue weighted by atomic mass is 32.2. The number of carbonyl (C=O) groups excluding carboxylic acids is 1. The van der Waals surface area contributed by atoms with E-state index in [1.54, 1.807) is 12.1 Å². The average molecular weight is 432 g/mol. The van der Waals surface area contributed by atoms with Crippen LogP contribution in [-0.4, -0.2) is 21.9 Å². The van der Waals surface area contributed by atoms with Crippen molar-refractivity contribution in [2.24, 2.45) is 0 Å². The third kappa shape index (κ3) is 5.52. The SMILES string of the molecule is Cc1cccc(Oc2ccc(NC(=O)CSc3nnc(-c4ccccc4C)o3)cc2)c1. The normalized spacial score (nSPS) is 10.6. The predicted molar refractivity (Wildman–Crippen MR) is 122 cm³/mol. The summed E-state index contributed by atoms with van der Waals surface area (Å²) in [6, 6.07) is 22.9. The lowest BCUT2D eigenvalue weighted by Gasteiger charge is -2.08. The number of rotatable bonds is 7. The second kappa shape index (κ2) is 9.49. The van der Waals surface area contributed by atoms with Gasteiger partial charge in [0.1, 0.15) is 11.5 Å². The van der Waals surface area contributed by atoms with Gasteiger partial charge in [0.05, 0.1) is 5.75 Å². The van der Waals surface area contributed by atoms with Gasteiger partial charge in [-0.15, -0.1) is 10.2 Å². The molecule has 1 aromatic heterocycles. The summed E-state index contributed by atoms with van der Waals surface area (Å²) in [5.41, 5.74) is 3.76. The molecule has 4 rings (SSSR count). The molecular formula is C24H21N3O3S. The van der Waals surface area contributed by atoms with Crippen LogP contribution >= 0.6 is 11.8 Å². The second-order valence-electron chi connectivity index (χ2n) is 6.97. The molecule has 6 nitrogen and oxygen atoms in total. The van der Waals surface area contributed by atoms with Crippen LogP contribution < -0.4 is 10.1 Å². The maximum Gasteiger partial charge on any atom is 0.277 e. The van der Waals surface area contributed by atoms with Crippen molar-refractivity contribution >= 4 is 23.4 Å². The van der Waals surface area contributed by atoms with Crippen LogP contribution in [0.25, 0.3) is 11.5 Å². The summed E-state index contributed by atoms with van der Waals surface area (Å²) < 4.78 is 11.5. The van der Waals surface area contributed by atoms with Gasteiger partial charge >= 0.3 is 0 Å². The Hall–Kier alpha value is -3.58. The first-order valence-corrected chi connectivity index (χ1v) is 10.7. The first kappa shape index (κ1) is 20.7. The van der Waals surface area contributed by atoms with E-state index in [1.165, 1.54) is 11.8 Å². The van der Waals surface area contributed by atoms with E-state index in [9.17, 15) is 4.79 Å². The Morgan fingerprint density at radius 3 is 2.55 bits per heavy atom. The summed E-state index contributed by atoms with van der Waals surface area (Å²) in [6.45, 7) is 4.00. The highest BCUT2D eigenvalue weighted by molar-refractivity contribution is 7.99. The molecule has 0 spiro atoms. The third-order valence-corrected chi connectivity index (χ3v) is 5.29. The Morgan fingerprint density at radius 2 is 1.77 bits per heavy atom. The number of amides is 1. The number of aromatic nitrogens is 2. The van der Waals surface area contributed by atoms with E-state index in [2.05, 4.69) is 15.5 Å². The van der Waals surface area contributed by atoms with Crippen molar-refractivity contribution in [1.82, 2.24) is 10.2 Å². The first-order valence-electron chi connectivity index (χ1n) is 9.73. The van der Waals surface area contributed by atoms with Gasteiger partial charge in [-0.05, 0) is 67.4 Å². The number of nitrogens with zero attached hydrogens (tertiary/aromatic N) is 2. The lowest BCUT2D eigenvalue weighted by molar-refractivity contribution is -0.113. The van der Waals surface area contributed by atoms with Gasteiger partial charge in [0.2, 0.25) is 11.8 Å². The molecule has 0 atom stereocenters. The van der Waals surface area contributed by atoms with Crippen LogP contribution in [0.15, 0.2) is 82.4 Å². The van der Waals surface area contributed by atoms with Gasteiger partial charge in [0.25, 0.3) is 5.22 Å². The van der Waals surface area contributed by atoms with Gasteiger partial charge in [-0.3, -0.25) is 4.79 Å². The van der Waals surface area contributed by atoms with Crippen molar-refractivity contribution in [3.8, 4) is 23.0 Å². The fraction of sp³-hybridized carbons (Fsp3) is 0.125. The van der Waals surface area contributed by atoms with E-state index in [-0.39, 0.29) is 11.7 Å². The third-order valence-electron chi connectivity index (χ3n) is 4.47. The van der Waals surface area contributed by atoms with Crippen LogP contribution in [0.2, 0.25) is 0 Å². The van der Waals surface area contributed by atoms with E-state index in [0.717, 1.165) is 22.4 Å². The Labute approximate surface area is 184 Å². The number of carbonyl (C=O) groups is 1. The van der Waals surface area contributed by atoms with Gasteiger partial charge in [-0.25, -0.2) is 0 Å². The highest BCUT2D eigenvalue weighted by Gasteiger charge is 2.12. The summed E-state index contributed by atoms with van der Waals surface area (Å²) in [6.07, 6.45) is 0. The summed E-state index contributed by atoms with van der Waals surface area (Å²) in [4.78, 5) is 12.3. The van der Waals surface area contributed by atoms with Gasteiger partial charge in [0, 0.05) is 11.3 Å². The molecule has 0 aliphatic rings. The number of hydrogen-bond donors (Lipinski definition) is 1. The minimum atomic E-state index is -0.159. The summed E-state index contributed by atoms with van der Waals surface area (Å²) in [5.74, 6) is 1.93. The molecule has 0 radical (unpaired) electrons. The van der Waals surface area contributed by atoms with Crippen LogP contribution in [0.3, 0.4) is 0 Å². The second-order valence-corrected chi connectivity index (χ2v) is 7.89. The molecule has 156 valence electrons. The molecule has 0 bridgehead atoms. The molecule has 0 unspecified atom stereocenters. The lowest BCUT2D eigenvalue weighted by atomic mass is 10.1. The number of nitrogens with one attached hydrogen (secondary N) is 1. The van der Waals surface area contributed by atoms with Crippen molar-refractivity contribution in [3.05, 3.63) is 83.9 Å². The zero-order valence-electron chi connectivity index (χ0n) is 17.2. The Morgan fingerprint density at radius 1 is 0.968 bits per heavy atom. The largest absolute Gasteiger partial charge is 0.457 e. The van der Waals surface area contributed by atoms with Crippen LogP contribution in [0.4, 0.5) is 5.69 Å². The molecule has 1 heterocycles. The zero-order valence-corrected chi connectivity index (χ0v) is 18.0. The summed E-state index contributed by atoms with van der Waals surface area (Å²) in [5, 5.41) is 11.3. The number of thioether (sulfide) groups is 1. The molecule has 1 N–H and O–H groups in total. The Balaban J connectivity index is 1.30. The van der Waals surface area contributed by atoms with Gasteiger partial charge in [-0.1, -0.05) is 42.1 Å². The quantitative estimate of drug-likeness (QED) is 0.368. The molecule has 31 heavy (non-hydrogen) atoms. The Kier molecular flexibility index (Phi) is 6.33. The van der Waals surface area contributed by atoms with E-state index >= 15 is 0 Å². The molecule has 4 aromatic rings. The molecule has 0 aliphatic carbocycles. The van der Waals surface area contributed by atoms with Crippen molar-refractivity contribution in [1.29, 1.82) is 0 Å². The molecule has 0 fully saturated rings. The number of ether oxygens (including phenoxy) is 1. The van der Waals surface area contributed by atoms with Gasteiger partial charge in [-0.2, -0.15) is 0 Å². The van der Waals surface area contributed by atoms with E-state index in [1.807, 2.05) is 74.5 Å². The minimum absolute atomic E-state index is 0.159. The standard InChI is InChI=1S/C24H21N3O3S/c1-16-6-5-8-20(14-16)29-19-12-10-18(11-13-19)25-22(28)15-31-24-27-26-23(30-24)21-9-4-3-7-17(21)2/h3-14H,15H2,1-2H3,(H,25,28). The zero-order chi connectivity index (χ0) is 21.6. The molecule has 0 saturated heterocycles. The number of benzene rings is 3. The van der Waals surface area contributed by atoms with Crippen molar-refractivity contribution < 1.29 is 13.9 Å². The van der Waals surface area contributed by atoms with Crippen molar-refractivity contribution in [3.63, 3.8) is 0 Å². The average Bonchev–Trinajstić information content (AvgIpc) is 3.23. The van der Waals surface area contributed by atoms with Gasteiger partial charge in [0.15, 0.2) is 0 Å². The monoisotopic (exact) mass is 431 g/mol. The van der Waals surface area contributed by atoms with Gasteiger partial charge < -0.3 is 14.5 Å². The number of hydrogen-bond acceptors (Lipinski definition) is 6. The highest BCUT2D eigenvalue weighted by Crippen LogP contribution is 2.26. The molecule has 7 heteroatoms. The lowest BCUT2D eigenvalue weighted by Crippen LogP contribution is -2.13. The fourth-order valence-corrected chi connectivity index (χ4v) is 3.50. The number of aryl methyl sites for hydroxylation is 2. The van der Waals surface area contributed by atoms with E-state index < -0.39 is 0 Å². The Bertz CT molecular complexity index is 1190. The maximum absolute atomic E-state index is 12.3. The van der Waals surface area contributed by atoms with E-state index in [0.29, 0.717) is 22.6 Å². The van der Waals surface area contributed by atoms with Crippen LogP contribution in [-0.2, 0) is 4.79 Å². The van der Waals surface area contributed by atoms with E-state index in [4.69, 9.17) is 9.15 Å². The smallest absolute Gasteiger partial charge is 0.277 e. The molecule has 1 amide bonds. The first-order chi connectivity index (χ1) is 15.1. The number of anilines is 1. The summed E-state index contributed by atoms with van der Waals surface area (Å²) >= 11 is 1.20. The van der Waals surface area contributed by atoms with Crippen molar-refractivity contribution in [2.45, 2.75) is 19.1 Å². The molecular weight excluding hydrogens is 410 g/mol.